The molecule has 1 unspecified atom stereocenters. The van der Waals surface area contributed by atoms with Crippen molar-refractivity contribution < 1.29 is 28.6 Å². The van der Waals surface area contributed by atoms with Gasteiger partial charge in [0, 0.05) is 19.3 Å². The highest BCUT2D eigenvalue weighted by Gasteiger charge is 2.19. The molecule has 6 nitrogen and oxygen atoms in total. The van der Waals surface area contributed by atoms with Gasteiger partial charge in [-0.15, -0.1) is 0 Å². The quantitative estimate of drug-likeness (QED) is 0.0261. The van der Waals surface area contributed by atoms with Gasteiger partial charge >= 0.3 is 17.9 Å². The number of ether oxygens (including phenoxy) is 3. The first-order chi connectivity index (χ1) is 36.0. The lowest BCUT2D eigenvalue weighted by molar-refractivity contribution is -0.167. The number of carbonyl (C=O) groups is 3. The molecule has 0 aliphatic carbocycles. The maximum Gasteiger partial charge on any atom is 0.306 e. The SMILES string of the molecule is CC/C=C\C/C=C\C/C=C\C/C=C\C/C=C\C/C=C\C/C=C\CCCCCC(=O)OCC(COC(=O)CCCCCCC/C=C\CCCC)OC(=O)CCCCCCCCCCC/C=C\CCCCCCCC. The zero-order valence-corrected chi connectivity index (χ0v) is 47.6. The van der Waals surface area contributed by atoms with Crippen molar-refractivity contribution in [3.63, 3.8) is 0 Å². The zero-order chi connectivity index (χ0) is 52.9. The highest BCUT2D eigenvalue weighted by Crippen LogP contribution is 2.15. The summed E-state index contributed by atoms with van der Waals surface area (Å²) in [5, 5.41) is 0. The van der Waals surface area contributed by atoms with Crippen molar-refractivity contribution in [3.05, 3.63) is 109 Å². The van der Waals surface area contributed by atoms with Crippen LogP contribution in [0.25, 0.3) is 0 Å². The van der Waals surface area contributed by atoms with Crippen LogP contribution in [0.3, 0.4) is 0 Å². The van der Waals surface area contributed by atoms with Crippen molar-refractivity contribution in [1.29, 1.82) is 0 Å². The molecule has 0 fully saturated rings. The molecule has 0 aliphatic rings. The van der Waals surface area contributed by atoms with Gasteiger partial charge in [0.2, 0.25) is 0 Å². The summed E-state index contributed by atoms with van der Waals surface area (Å²) in [6.45, 7) is 6.46. The second-order valence-corrected chi connectivity index (χ2v) is 19.9. The predicted octanol–water partition coefficient (Wildman–Crippen LogP) is 20.7. The Morgan fingerprint density at radius 1 is 0.288 bits per heavy atom. The molecule has 0 radical (unpaired) electrons. The molecule has 0 saturated heterocycles. The van der Waals surface area contributed by atoms with E-state index in [0.29, 0.717) is 19.3 Å². The van der Waals surface area contributed by atoms with E-state index < -0.39 is 6.10 Å². The number of unbranched alkanes of at least 4 members (excludes halogenated alkanes) is 25. The topological polar surface area (TPSA) is 78.9 Å². The van der Waals surface area contributed by atoms with Crippen LogP contribution < -0.4 is 0 Å². The van der Waals surface area contributed by atoms with E-state index in [1.165, 1.54) is 116 Å². The Balaban J connectivity index is 4.39. The third-order valence-electron chi connectivity index (χ3n) is 12.7. The first-order valence-corrected chi connectivity index (χ1v) is 30.4. The molecule has 73 heavy (non-hydrogen) atoms. The lowest BCUT2D eigenvalue weighted by atomic mass is 10.1. The summed E-state index contributed by atoms with van der Waals surface area (Å²) in [5.41, 5.74) is 0. The molecule has 0 aromatic heterocycles. The van der Waals surface area contributed by atoms with Crippen molar-refractivity contribution in [2.24, 2.45) is 0 Å². The normalized spacial score (nSPS) is 12.9. The van der Waals surface area contributed by atoms with Crippen molar-refractivity contribution >= 4 is 17.9 Å². The number of hydrogen-bond acceptors (Lipinski definition) is 6. The largest absolute Gasteiger partial charge is 0.462 e. The minimum atomic E-state index is -0.798. The van der Waals surface area contributed by atoms with Crippen molar-refractivity contribution in [1.82, 2.24) is 0 Å². The fraction of sp³-hybridized carbons (Fsp3) is 0.687. The number of rotatable bonds is 54. The van der Waals surface area contributed by atoms with Crippen LogP contribution in [0.1, 0.15) is 278 Å². The molecule has 0 heterocycles. The van der Waals surface area contributed by atoms with Crippen LogP contribution >= 0.6 is 0 Å². The molecule has 6 heteroatoms. The zero-order valence-electron chi connectivity index (χ0n) is 47.6. The summed E-state index contributed by atoms with van der Waals surface area (Å²) < 4.78 is 16.8. The van der Waals surface area contributed by atoms with Crippen LogP contribution in [-0.2, 0) is 28.6 Å². The van der Waals surface area contributed by atoms with Crippen LogP contribution in [0.5, 0.6) is 0 Å². The van der Waals surface area contributed by atoms with Crippen LogP contribution in [0.15, 0.2) is 109 Å². The molecule has 0 saturated carbocycles. The number of carbonyl (C=O) groups excluding carboxylic acids is 3. The Morgan fingerprint density at radius 2 is 0.548 bits per heavy atom. The third-order valence-corrected chi connectivity index (χ3v) is 12.7. The van der Waals surface area contributed by atoms with Gasteiger partial charge in [0.15, 0.2) is 6.10 Å². The Morgan fingerprint density at radius 3 is 0.904 bits per heavy atom. The van der Waals surface area contributed by atoms with Gasteiger partial charge in [-0.2, -0.15) is 0 Å². The smallest absolute Gasteiger partial charge is 0.306 e. The van der Waals surface area contributed by atoms with Crippen LogP contribution in [0.4, 0.5) is 0 Å². The summed E-state index contributed by atoms with van der Waals surface area (Å²) in [5.74, 6) is -0.937. The van der Waals surface area contributed by atoms with E-state index in [4.69, 9.17) is 14.2 Å². The highest BCUT2D eigenvalue weighted by molar-refractivity contribution is 5.71. The van der Waals surface area contributed by atoms with E-state index >= 15 is 0 Å². The van der Waals surface area contributed by atoms with Gasteiger partial charge in [-0.05, 0) is 122 Å². The van der Waals surface area contributed by atoms with Gasteiger partial charge in [-0.25, -0.2) is 0 Å². The van der Waals surface area contributed by atoms with E-state index in [-0.39, 0.29) is 31.1 Å². The Hall–Kier alpha value is -3.93. The Bertz CT molecular complexity index is 1490. The molecule has 0 bridgehead atoms. The number of esters is 3. The van der Waals surface area contributed by atoms with Gasteiger partial charge < -0.3 is 14.2 Å². The average molecular weight is 1010 g/mol. The Kier molecular flexibility index (Phi) is 57.4. The van der Waals surface area contributed by atoms with Crippen LogP contribution in [-0.4, -0.2) is 37.2 Å². The highest BCUT2D eigenvalue weighted by atomic mass is 16.6. The summed E-state index contributed by atoms with van der Waals surface area (Å²) in [7, 11) is 0. The van der Waals surface area contributed by atoms with Gasteiger partial charge in [-0.3, -0.25) is 14.4 Å². The van der Waals surface area contributed by atoms with Gasteiger partial charge in [0.25, 0.3) is 0 Å². The molecule has 0 rings (SSSR count). The minimum absolute atomic E-state index is 0.0946. The molecule has 1 atom stereocenters. The molecule has 0 N–H and O–H groups in total. The predicted molar refractivity (Wildman–Crippen MR) is 316 cm³/mol. The van der Waals surface area contributed by atoms with Crippen molar-refractivity contribution in [2.75, 3.05) is 13.2 Å². The lowest BCUT2D eigenvalue weighted by Crippen LogP contribution is -2.30. The maximum absolute atomic E-state index is 12.9. The standard InChI is InChI=1S/C67H112O6/c1-4-7-10-13-16-19-22-24-26-28-30-31-32-33-34-35-37-38-40-42-45-48-51-54-57-60-66(69)72-63-64(62-71-65(68)59-56-53-50-47-44-21-18-15-12-9-6-3)73-67(70)61-58-55-52-49-46-43-41-39-36-29-27-25-23-20-17-14-11-8-5-2/h7,10,15-16,18-19,24-27,30-31,33-34,37-38,42,45,64H,4-6,8-9,11-14,17,20-23,28-29,32,35-36,39-41,43-44,46-63H2,1-3H3/b10-7-,18-15-,19-16-,26-24-,27-25-,31-30-,34-33-,38-37-,45-42-. The second-order valence-electron chi connectivity index (χ2n) is 19.9. The molecular weight excluding hydrogens is 901 g/mol. The van der Waals surface area contributed by atoms with E-state index in [9.17, 15) is 14.4 Å². The third kappa shape index (κ3) is 58.8. The number of hydrogen-bond donors (Lipinski definition) is 0. The minimum Gasteiger partial charge on any atom is -0.462 e. The lowest BCUT2D eigenvalue weighted by Gasteiger charge is -2.18. The van der Waals surface area contributed by atoms with E-state index in [1.54, 1.807) is 0 Å². The van der Waals surface area contributed by atoms with Crippen LogP contribution in [0.2, 0.25) is 0 Å². The van der Waals surface area contributed by atoms with Gasteiger partial charge in [-0.1, -0.05) is 246 Å². The first kappa shape index (κ1) is 69.1. The van der Waals surface area contributed by atoms with Crippen molar-refractivity contribution in [3.8, 4) is 0 Å². The maximum atomic E-state index is 12.9. The summed E-state index contributed by atoms with van der Waals surface area (Å²) in [6, 6.07) is 0. The molecule has 0 aromatic carbocycles. The fourth-order valence-corrected chi connectivity index (χ4v) is 8.16. The first-order valence-electron chi connectivity index (χ1n) is 30.4. The van der Waals surface area contributed by atoms with Crippen LogP contribution in [0, 0.1) is 0 Å². The molecule has 0 aromatic rings. The summed E-state index contributed by atoms with van der Waals surface area (Å²) in [4.78, 5) is 38.2. The molecule has 0 spiro atoms. The molecular formula is C67H112O6. The van der Waals surface area contributed by atoms with E-state index in [1.807, 2.05) is 0 Å². The molecule has 0 amide bonds. The van der Waals surface area contributed by atoms with Gasteiger partial charge in [0.1, 0.15) is 13.2 Å². The Labute approximate surface area is 450 Å². The number of allylic oxidation sites excluding steroid dienone is 18. The molecule has 0 aliphatic heterocycles. The fourth-order valence-electron chi connectivity index (χ4n) is 8.16. The molecule has 416 valence electrons. The second kappa shape index (κ2) is 60.6. The van der Waals surface area contributed by atoms with E-state index in [2.05, 4.69) is 130 Å². The monoisotopic (exact) mass is 1010 g/mol. The summed E-state index contributed by atoms with van der Waals surface area (Å²) in [6.07, 6.45) is 82.3. The van der Waals surface area contributed by atoms with Gasteiger partial charge in [0.05, 0.1) is 0 Å². The van der Waals surface area contributed by atoms with Crippen molar-refractivity contribution in [2.45, 2.75) is 284 Å². The van der Waals surface area contributed by atoms with E-state index in [0.717, 1.165) is 122 Å². The summed E-state index contributed by atoms with van der Waals surface area (Å²) >= 11 is 0. The average Bonchev–Trinajstić information content (AvgIpc) is 3.39.